The molecule has 0 bridgehead atoms. The van der Waals surface area contributed by atoms with Crippen molar-refractivity contribution in [1.29, 1.82) is 0 Å². The number of phenolic OH excluding ortho intramolecular Hbond substituents is 1. The first kappa shape index (κ1) is 14.0. The summed E-state index contributed by atoms with van der Waals surface area (Å²) in [5, 5.41) is 12.4. The molecule has 0 saturated carbocycles. The van der Waals surface area contributed by atoms with Crippen molar-refractivity contribution < 1.29 is 5.11 Å². The van der Waals surface area contributed by atoms with Gasteiger partial charge < -0.3 is 15.3 Å². The molecule has 0 amide bonds. The van der Waals surface area contributed by atoms with Crippen LogP contribution in [0.1, 0.15) is 18.9 Å². The minimum Gasteiger partial charge on any atom is -0.508 e. The zero-order valence-electron chi connectivity index (χ0n) is 11.1. The molecule has 0 aliphatic heterocycles. The van der Waals surface area contributed by atoms with E-state index in [-0.39, 0.29) is 0 Å². The molecule has 1 unspecified atom stereocenters. The van der Waals surface area contributed by atoms with Crippen LogP contribution in [0.2, 0.25) is 0 Å². The Morgan fingerprint density at radius 3 is 2.53 bits per heavy atom. The third-order valence-electron chi connectivity index (χ3n) is 3.16. The summed E-state index contributed by atoms with van der Waals surface area (Å²) in [7, 11) is 4.15. The minimum absolute atomic E-state index is 0.337. The van der Waals surface area contributed by atoms with Gasteiger partial charge in [0.2, 0.25) is 0 Å². The highest BCUT2D eigenvalue weighted by Gasteiger charge is 2.09. The highest BCUT2D eigenvalue weighted by molar-refractivity contribution is 5.26. The summed E-state index contributed by atoms with van der Waals surface area (Å²) < 4.78 is 0. The number of nitrogens with zero attached hydrogens (tertiary/aromatic N) is 1. The molecule has 3 nitrogen and oxygen atoms in total. The minimum atomic E-state index is 0.337. The molecule has 0 aliphatic carbocycles. The fraction of sp³-hybridized carbons (Fsp3) is 0.571. The van der Waals surface area contributed by atoms with Crippen LogP contribution in [-0.2, 0) is 6.42 Å². The molecule has 0 saturated heterocycles. The van der Waals surface area contributed by atoms with Crippen LogP contribution in [0.3, 0.4) is 0 Å². The highest BCUT2D eigenvalue weighted by atomic mass is 16.3. The summed E-state index contributed by atoms with van der Waals surface area (Å²) in [6.45, 7) is 4.42. The second-order valence-electron chi connectivity index (χ2n) is 4.66. The first-order chi connectivity index (χ1) is 8.13. The lowest BCUT2D eigenvalue weighted by atomic mass is 10.1. The standard InChI is InChI=1S/C14H24N2O/c1-12(16(3)10-4-9-15-2)11-13-5-7-14(17)8-6-13/h5-8,12,15,17H,4,9-11H2,1-3H3. The fourth-order valence-electron chi connectivity index (χ4n) is 1.85. The van der Waals surface area contributed by atoms with Gasteiger partial charge in [0.1, 0.15) is 5.75 Å². The molecule has 0 spiro atoms. The Kier molecular flexibility index (Phi) is 6.01. The van der Waals surface area contributed by atoms with Gasteiger partial charge >= 0.3 is 0 Å². The maximum Gasteiger partial charge on any atom is 0.115 e. The van der Waals surface area contributed by atoms with Crippen LogP contribution in [0.5, 0.6) is 5.75 Å². The van der Waals surface area contributed by atoms with Crippen molar-refractivity contribution in [2.75, 3.05) is 27.2 Å². The van der Waals surface area contributed by atoms with Crippen molar-refractivity contribution in [3.8, 4) is 5.75 Å². The lowest BCUT2D eigenvalue weighted by Crippen LogP contribution is -2.32. The van der Waals surface area contributed by atoms with E-state index in [9.17, 15) is 5.11 Å². The number of likely N-dealkylation sites (N-methyl/N-ethyl adjacent to an activating group) is 1. The molecule has 0 aromatic heterocycles. The number of aromatic hydroxyl groups is 1. The Hall–Kier alpha value is -1.06. The van der Waals surface area contributed by atoms with Gasteiger partial charge in [0.05, 0.1) is 0 Å². The summed E-state index contributed by atoms with van der Waals surface area (Å²) in [6, 6.07) is 8.02. The van der Waals surface area contributed by atoms with Crippen LogP contribution in [0.25, 0.3) is 0 Å². The highest BCUT2D eigenvalue weighted by Crippen LogP contribution is 2.12. The van der Waals surface area contributed by atoms with Crippen molar-refractivity contribution in [3.63, 3.8) is 0 Å². The number of rotatable bonds is 7. The molecule has 1 aromatic rings. The quantitative estimate of drug-likeness (QED) is 0.709. The molecule has 17 heavy (non-hydrogen) atoms. The monoisotopic (exact) mass is 236 g/mol. The van der Waals surface area contributed by atoms with Gasteiger partial charge in [-0.05, 0) is 64.6 Å². The van der Waals surface area contributed by atoms with Crippen LogP contribution in [0.4, 0.5) is 0 Å². The molecule has 1 rings (SSSR count). The number of nitrogens with one attached hydrogen (secondary N) is 1. The Morgan fingerprint density at radius 1 is 1.29 bits per heavy atom. The lowest BCUT2D eigenvalue weighted by Gasteiger charge is -2.24. The second-order valence-corrected chi connectivity index (χ2v) is 4.66. The van der Waals surface area contributed by atoms with Gasteiger partial charge in [-0.2, -0.15) is 0 Å². The van der Waals surface area contributed by atoms with Crippen molar-refractivity contribution in [2.24, 2.45) is 0 Å². The maximum absolute atomic E-state index is 9.23. The molecule has 2 N–H and O–H groups in total. The third kappa shape index (κ3) is 5.20. The topological polar surface area (TPSA) is 35.5 Å². The molecular formula is C14H24N2O. The Morgan fingerprint density at radius 2 is 1.94 bits per heavy atom. The largest absolute Gasteiger partial charge is 0.508 e. The molecule has 1 atom stereocenters. The van der Waals surface area contributed by atoms with Gasteiger partial charge in [-0.25, -0.2) is 0 Å². The Bertz CT molecular complexity index is 311. The van der Waals surface area contributed by atoms with E-state index in [1.165, 1.54) is 12.0 Å². The predicted octanol–water partition coefficient (Wildman–Crippen LogP) is 1.86. The molecule has 3 heteroatoms. The molecule has 1 aromatic carbocycles. The smallest absolute Gasteiger partial charge is 0.115 e. The molecule has 0 heterocycles. The summed E-state index contributed by atoms with van der Waals surface area (Å²) in [4.78, 5) is 2.38. The Balaban J connectivity index is 2.37. The molecule has 0 fully saturated rings. The van der Waals surface area contributed by atoms with E-state index in [2.05, 4.69) is 24.2 Å². The van der Waals surface area contributed by atoms with E-state index in [4.69, 9.17) is 0 Å². The van der Waals surface area contributed by atoms with Gasteiger partial charge in [0.15, 0.2) is 0 Å². The Labute approximate surface area is 104 Å². The average molecular weight is 236 g/mol. The van der Waals surface area contributed by atoms with E-state index in [1.54, 1.807) is 12.1 Å². The number of hydrogen-bond acceptors (Lipinski definition) is 3. The summed E-state index contributed by atoms with van der Waals surface area (Å²) in [5.74, 6) is 0.337. The second kappa shape index (κ2) is 7.30. The molecule has 0 radical (unpaired) electrons. The van der Waals surface area contributed by atoms with Crippen molar-refractivity contribution in [3.05, 3.63) is 29.8 Å². The van der Waals surface area contributed by atoms with Crippen LogP contribution >= 0.6 is 0 Å². The van der Waals surface area contributed by atoms with Gasteiger partial charge in [0.25, 0.3) is 0 Å². The maximum atomic E-state index is 9.23. The van der Waals surface area contributed by atoms with Crippen molar-refractivity contribution in [2.45, 2.75) is 25.8 Å². The summed E-state index contributed by atoms with van der Waals surface area (Å²) in [6.07, 6.45) is 2.20. The number of phenols is 1. The predicted molar refractivity (Wildman–Crippen MR) is 72.4 cm³/mol. The van der Waals surface area contributed by atoms with Gasteiger partial charge in [-0.15, -0.1) is 0 Å². The van der Waals surface area contributed by atoms with E-state index in [1.807, 2.05) is 19.2 Å². The zero-order valence-corrected chi connectivity index (χ0v) is 11.1. The van der Waals surface area contributed by atoms with E-state index in [0.29, 0.717) is 11.8 Å². The lowest BCUT2D eigenvalue weighted by molar-refractivity contribution is 0.253. The van der Waals surface area contributed by atoms with Crippen LogP contribution in [0.15, 0.2) is 24.3 Å². The van der Waals surface area contributed by atoms with Crippen LogP contribution in [-0.4, -0.2) is 43.2 Å². The van der Waals surface area contributed by atoms with Gasteiger partial charge in [0, 0.05) is 6.04 Å². The molecule has 0 aliphatic rings. The van der Waals surface area contributed by atoms with E-state index < -0.39 is 0 Å². The summed E-state index contributed by atoms with van der Waals surface area (Å²) in [5.41, 5.74) is 1.27. The first-order valence-corrected chi connectivity index (χ1v) is 6.26. The van der Waals surface area contributed by atoms with E-state index in [0.717, 1.165) is 19.5 Å². The summed E-state index contributed by atoms with van der Waals surface area (Å²) >= 11 is 0. The van der Waals surface area contributed by atoms with Crippen molar-refractivity contribution in [1.82, 2.24) is 10.2 Å². The normalized spacial score (nSPS) is 12.9. The van der Waals surface area contributed by atoms with Gasteiger partial charge in [-0.3, -0.25) is 0 Å². The van der Waals surface area contributed by atoms with Crippen LogP contribution in [0, 0.1) is 0 Å². The van der Waals surface area contributed by atoms with Crippen LogP contribution < -0.4 is 5.32 Å². The fourth-order valence-corrected chi connectivity index (χ4v) is 1.85. The molecule has 96 valence electrons. The number of benzene rings is 1. The zero-order chi connectivity index (χ0) is 12.7. The number of hydrogen-bond donors (Lipinski definition) is 2. The molecular weight excluding hydrogens is 212 g/mol. The van der Waals surface area contributed by atoms with E-state index >= 15 is 0 Å². The first-order valence-electron chi connectivity index (χ1n) is 6.26. The SMILES string of the molecule is CNCCCN(C)C(C)Cc1ccc(O)cc1. The van der Waals surface area contributed by atoms with Crippen molar-refractivity contribution >= 4 is 0 Å². The van der Waals surface area contributed by atoms with Gasteiger partial charge in [-0.1, -0.05) is 12.1 Å². The average Bonchev–Trinajstić information content (AvgIpc) is 2.32. The third-order valence-corrected chi connectivity index (χ3v) is 3.16.